The van der Waals surface area contributed by atoms with Crippen molar-refractivity contribution in [3.63, 3.8) is 0 Å². The van der Waals surface area contributed by atoms with Crippen molar-refractivity contribution in [3.8, 4) is 0 Å². The van der Waals surface area contributed by atoms with Crippen LogP contribution in [0.4, 0.5) is 0 Å². The molecule has 76 valence electrons. The van der Waals surface area contributed by atoms with E-state index in [1.165, 1.54) is 67.6 Å². The molecular formula is C11H22P2. The van der Waals surface area contributed by atoms with Gasteiger partial charge in [-0.05, 0) is 37.2 Å². The van der Waals surface area contributed by atoms with E-state index in [2.05, 4.69) is 13.0 Å². The quantitative estimate of drug-likeness (QED) is 0.575. The third-order valence-corrected chi connectivity index (χ3v) is 6.23. The second kappa shape index (κ2) is 7.95. The molecule has 2 heteroatoms. The minimum absolute atomic E-state index is 1.18. The van der Waals surface area contributed by atoms with E-state index in [-0.39, 0.29) is 0 Å². The maximum Gasteiger partial charge on any atom is -0.0277 e. The van der Waals surface area contributed by atoms with Crippen molar-refractivity contribution in [1.29, 1.82) is 0 Å². The number of hydrogen-bond donors (Lipinski definition) is 0. The van der Waals surface area contributed by atoms with Gasteiger partial charge in [-0.2, -0.15) is 0 Å². The van der Waals surface area contributed by atoms with Crippen molar-refractivity contribution in [2.24, 2.45) is 0 Å². The summed E-state index contributed by atoms with van der Waals surface area (Å²) in [5.74, 6) is 0. The summed E-state index contributed by atoms with van der Waals surface area (Å²) < 4.78 is 0. The Balaban J connectivity index is 2.31. The summed E-state index contributed by atoms with van der Waals surface area (Å²) in [5.41, 5.74) is 0. The molecule has 0 amide bonds. The molecule has 1 heterocycles. The highest BCUT2D eigenvalue weighted by molar-refractivity contribution is 8.13. The minimum atomic E-state index is 1.18. The van der Waals surface area contributed by atoms with Crippen LogP contribution in [0, 0.1) is 0 Å². The van der Waals surface area contributed by atoms with Crippen LogP contribution in [-0.4, -0.2) is 6.16 Å². The fraction of sp³-hybridized carbons (Fsp3) is 0.818. The predicted octanol–water partition coefficient (Wildman–Crippen LogP) is 4.91. The smallest absolute Gasteiger partial charge is 0.0277 e. The molecular weight excluding hydrogens is 194 g/mol. The lowest BCUT2D eigenvalue weighted by atomic mass is 10.1. The number of allylic oxidation sites excluding steroid dienone is 2. The molecule has 1 saturated heterocycles. The topological polar surface area (TPSA) is 0 Å². The molecule has 1 aliphatic heterocycles. The molecule has 0 bridgehead atoms. The monoisotopic (exact) mass is 216 g/mol. The summed E-state index contributed by atoms with van der Waals surface area (Å²) in [6.45, 7) is 2.28. The number of hydrogen-bond acceptors (Lipinski definition) is 0. The van der Waals surface area contributed by atoms with Gasteiger partial charge in [-0.15, -0.1) is 0 Å². The summed E-state index contributed by atoms with van der Waals surface area (Å²) in [6.07, 6.45) is 14.0. The summed E-state index contributed by atoms with van der Waals surface area (Å²) >= 11 is 0. The van der Waals surface area contributed by atoms with Gasteiger partial charge in [0.25, 0.3) is 0 Å². The Bertz CT molecular complexity index is 140. The summed E-state index contributed by atoms with van der Waals surface area (Å²) in [7, 11) is 2.41. The maximum atomic E-state index is 2.52. The van der Waals surface area contributed by atoms with Crippen LogP contribution in [0.2, 0.25) is 0 Å². The van der Waals surface area contributed by atoms with Crippen LogP contribution in [0.25, 0.3) is 0 Å². The van der Waals surface area contributed by atoms with Gasteiger partial charge in [0.1, 0.15) is 0 Å². The average molecular weight is 216 g/mol. The lowest BCUT2D eigenvalue weighted by Crippen LogP contribution is -1.78. The Morgan fingerprint density at radius 1 is 1.23 bits per heavy atom. The highest BCUT2D eigenvalue weighted by atomic mass is 32.0. The second-order valence-corrected chi connectivity index (χ2v) is 7.29. The maximum absolute atomic E-state index is 2.52. The highest BCUT2D eigenvalue weighted by Gasteiger charge is 2.01. The first kappa shape index (κ1) is 11.7. The van der Waals surface area contributed by atoms with Gasteiger partial charge in [-0.3, -0.25) is 0 Å². The van der Waals surface area contributed by atoms with Crippen molar-refractivity contribution in [3.05, 3.63) is 11.4 Å². The normalized spacial score (nSPS) is 27.3. The average Bonchev–Trinajstić information content (AvgIpc) is 2.28. The van der Waals surface area contributed by atoms with E-state index in [4.69, 9.17) is 0 Å². The van der Waals surface area contributed by atoms with Crippen LogP contribution in [0.5, 0.6) is 0 Å². The van der Waals surface area contributed by atoms with Gasteiger partial charge in [0.15, 0.2) is 0 Å². The van der Waals surface area contributed by atoms with Crippen molar-refractivity contribution >= 4 is 16.5 Å². The van der Waals surface area contributed by atoms with Crippen molar-refractivity contribution in [2.45, 2.75) is 51.9 Å². The third kappa shape index (κ3) is 5.82. The third-order valence-electron chi connectivity index (χ3n) is 2.43. The van der Waals surface area contributed by atoms with Crippen LogP contribution < -0.4 is 0 Å². The standard InChI is InChI=1S/C11H22P2/c1-2-3-8-11-9-6-4-5-7-10-12-13-11/h8,12-13H,2-7,9-10H2,1H3. The lowest BCUT2D eigenvalue weighted by molar-refractivity contribution is 0.676. The molecule has 0 nitrogen and oxygen atoms in total. The first-order chi connectivity index (χ1) is 6.43. The fourth-order valence-corrected chi connectivity index (χ4v) is 5.19. The molecule has 1 rings (SSSR count). The first-order valence-corrected chi connectivity index (χ1v) is 8.82. The molecule has 0 N–H and O–H groups in total. The van der Waals surface area contributed by atoms with Crippen LogP contribution in [-0.2, 0) is 0 Å². The zero-order valence-electron chi connectivity index (χ0n) is 8.73. The number of rotatable bonds is 2. The van der Waals surface area contributed by atoms with Gasteiger partial charge in [0.2, 0.25) is 0 Å². The predicted molar refractivity (Wildman–Crippen MR) is 67.6 cm³/mol. The molecule has 2 atom stereocenters. The van der Waals surface area contributed by atoms with Crippen LogP contribution in [0.3, 0.4) is 0 Å². The fourth-order valence-electron chi connectivity index (χ4n) is 1.59. The van der Waals surface area contributed by atoms with E-state index >= 15 is 0 Å². The molecule has 0 aliphatic carbocycles. The van der Waals surface area contributed by atoms with Gasteiger partial charge in [-0.1, -0.05) is 48.8 Å². The van der Waals surface area contributed by atoms with Gasteiger partial charge < -0.3 is 0 Å². The zero-order chi connectivity index (χ0) is 9.36. The van der Waals surface area contributed by atoms with Crippen LogP contribution in [0.15, 0.2) is 11.4 Å². The molecule has 0 aromatic rings. The van der Waals surface area contributed by atoms with Crippen molar-refractivity contribution in [2.75, 3.05) is 6.16 Å². The lowest BCUT2D eigenvalue weighted by Gasteiger charge is -2.04. The molecule has 1 fully saturated rings. The summed E-state index contributed by atoms with van der Waals surface area (Å²) in [5, 5.41) is 1.79. The van der Waals surface area contributed by atoms with E-state index in [0.717, 1.165) is 0 Å². The Labute approximate surface area is 86.4 Å². The summed E-state index contributed by atoms with van der Waals surface area (Å²) in [4.78, 5) is 0. The van der Waals surface area contributed by atoms with E-state index < -0.39 is 0 Å². The van der Waals surface area contributed by atoms with Gasteiger partial charge >= 0.3 is 0 Å². The molecule has 0 aromatic carbocycles. The Kier molecular flexibility index (Phi) is 7.14. The minimum Gasteiger partial charge on any atom is -0.0950 e. The zero-order valence-corrected chi connectivity index (χ0v) is 10.7. The van der Waals surface area contributed by atoms with E-state index in [1.807, 2.05) is 0 Å². The van der Waals surface area contributed by atoms with E-state index in [1.54, 1.807) is 5.31 Å². The highest BCUT2D eigenvalue weighted by Crippen LogP contribution is 2.47. The molecule has 0 radical (unpaired) electrons. The van der Waals surface area contributed by atoms with Crippen LogP contribution in [0.1, 0.15) is 51.9 Å². The van der Waals surface area contributed by atoms with Gasteiger partial charge in [-0.25, -0.2) is 0 Å². The molecule has 0 saturated carbocycles. The molecule has 0 aromatic heterocycles. The Morgan fingerprint density at radius 3 is 2.92 bits per heavy atom. The Morgan fingerprint density at radius 2 is 2.08 bits per heavy atom. The van der Waals surface area contributed by atoms with E-state index in [9.17, 15) is 0 Å². The van der Waals surface area contributed by atoms with Crippen LogP contribution >= 0.6 is 16.5 Å². The van der Waals surface area contributed by atoms with Gasteiger partial charge in [0.05, 0.1) is 0 Å². The molecule has 1 aliphatic rings. The van der Waals surface area contributed by atoms with E-state index in [0.29, 0.717) is 0 Å². The molecule has 2 unspecified atom stereocenters. The largest absolute Gasteiger partial charge is 0.0950 e. The first-order valence-electron chi connectivity index (χ1n) is 5.61. The Hall–Kier alpha value is 0.600. The molecule has 0 spiro atoms. The van der Waals surface area contributed by atoms with Crippen molar-refractivity contribution < 1.29 is 0 Å². The SMILES string of the molecule is CCCC=C1CCCCCCPP1. The number of unbranched alkanes of at least 4 members (excludes halogenated alkanes) is 1. The van der Waals surface area contributed by atoms with Gasteiger partial charge in [0, 0.05) is 0 Å². The molecule has 13 heavy (non-hydrogen) atoms. The second-order valence-electron chi connectivity index (χ2n) is 3.73. The van der Waals surface area contributed by atoms with Crippen molar-refractivity contribution in [1.82, 2.24) is 0 Å². The summed E-state index contributed by atoms with van der Waals surface area (Å²) in [6, 6.07) is 0.